The van der Waals surface area contributed by atoms with Gasteiger partial charge in [0.25, 0.3) is 0 Å². The first-order valence-electron chi connectivity index (χ1n) is 9.49. The van der Waals surface area contributed by atoms with Gasteiger partial charge in [-0.3, -0.25) is 4.79 Å². The van der Waals surface area contributed by atoms with Crippen molar-refractivity contribution in [1.29, 1.82) is 0 Å². The van der Waals surface area contributed by atoms with Crippen LogP contribution in [0.15, 0.2) is 53.3 Å². The highest BCUT2D eigenvalue weighted by molar-refractivity contribution is 7.99. The summed E-state index contributed by atoms with van der Waals surface area (Å²) in [5, 5.41) is 8.07. The first kappa shape index (κ1) is 21.6. The number of aryl methyl sites for hydroxylation is 1. The van der Waals surface area contributed by atoms with E-state index in [9.17, 15) is 9.59 Å². The van der Waals surface area contributed by atoms with Crippen molar-refractivity contribution >= 4 is 29.6 Å². The molecule has 1 N–H and O–H groups in total. The van der Waals surface area contributed by atoms with E-state index in [2.05, 4.69) is 33.6 Å². The van der Waals surface area contributed by atoms with Gasteiger partial charge in [-0.05, 0) is 24.5 Å². The molecule has 9 heteroatoms. The largest absolute Gasteiger partial charge is 0.468 e. The van der Waals surface area contributed by atoms with Gasteiger partial charge in [0, 0.05) is 5.70 Å². The molecule has 158 valence electrons. The number of nitrogens with zero attached hydrogens (tertiary/aromatic N) is 3. The van der Waals surface area contributed by atoms with Gasteiger partial charge in [0.1, 0.15) is 12.6 Å². The fraction of sp³-hybridized carbons (Fsp3) is 0.333. The Labute approximate surface area is 179 Å². The average Bonchev–Trinajstić information content (AvgIpc) is 3.17. The number of fused-ring (bicyclic) bond motifs is 1. The summed E-state index contributed by atoms with van der Waals surface area (Å²) in [6.07, 6.45) is 2.44. The van der Waals surface area contributed by atoms with Crippen LogP contribution in [0.4, 0.5) is 5.95 Å². The van der Waals surface area contributed by atoms with Crippen LogP contribution in [0.3, 0.4) is 0 Å². The van der Waals surface area contributed by atoms with Gasteiger partial charge in [-0.2, -0.15) is 4.98 Å². The zero-order chi connectivity index (χ0) is 21.7. The molecule has 0 aliphatic carbocycles. The predicted molar refractivity (Wildman–Crippen MR) is 114 cm³/mol. The molecule has 3 rings (SSSR count). The number of ether oxygens (including phenoxy) is 2. The van der Waals surface area contributed by atoms with E-state index in [1.807, 2.05) is 24.3 Å². The zero-order valence-corrected chi connectivity index (χ0v) is 18.0. The van der Waals surface area contributed by atoms with Crippen LogP contribution < -0.4 is 5.32 Å². The smallest absolute Gasteiger partial charge is 0.338 e. The molecule has 0 fully saturated rings. The Morgan fingerprint density at radius 1 is 1.33 bits per heavy atom. The molecule has 0 spiro atoms. The lowest BCUT2D eigenvalue weighted by Crippen LogP contribution is -2.29. The van der Waals surface area contributed by atoms with Crippen LogP contribution in [-0.2, 0) is 25.5 Å². The summed E-state index contributed by atoms with van der Waals surface area (Å²) in [5.41, 5.74) is 3.16. The van der Waals surface area contributed by atoms with Crippen LogP contribution in [-0.4, -0.2) is 46.2 Å². The van der Waals surface area contributed by atoms with Gasteiger partial charge in [0.15, 0.2) is 0 Å². The van der Waals surface area contributed by atoms with Crippen LogP contribution in [0.1, 0.15) is 31.0 Å². The number of aromatic nitrogens is 3. The topological polar surface area (TPSA) is 95.3 Å². The maximum Gasteiger partial charge on any atom is 0.338 e. The molecular formula is C21H24N4O4S. The maximum atomic E-state index is 12.8. The molecule has 1 aromatic heterocycles. The number of methoxy groups -OCH3 is 1. The molecule has 1 unspecified atom stereocenters. The number of rotatable bonds is 8. The van der Waals surface area contributed by atoms with E-state index < -0.39 is 12.0 Å². The van der Waals surface area contributed by atoms with Crippen molar-refractivity contribution in [2.45, 2.75) is 31.5 Å². The molecule has 1 aliphatic rings. The number of anilines is 1. The van der Waals surface area contributed by atoms with Gasteiger partial charge in [0.2, 0.25) is 11.1 Å². The minimum Gasteiger partial charge on any atom is -0.468 e. The van der Waals surface area contributed by atoms with Crippen LogP contribution in [0.2, 0.25) is 0 Å². The highest BCUT2D eigenvalue weighted by Gasteiger charge is 2.35. The molecular weight excluding hydrogens is 404 g/mol. The summed E-state index contributed by atoms with van der Waals surface area (Å²) < 4.78 is 11.7. The van der Waals surface area contributed by atoms with Crippen LogP contribution in [0.25, 0.3) is 0 Å². The SMILES string of the molecule is C=CCOC(=O)C1=C(C)Nc2nc(SCC(=O)OC)nn2C1c1ccc(CC)cc1. The van der Waals surface area contributed by atoms with Gasteiger partial charge in [-0.25, -0.2) is 9.48 Å². The van der Waals surface area contributed by atoms with E-state index in [0.717, 1.165) is 12.0 Å². The van der Waals surface area contributed by atoms with Gasteiger partial charge in [0.05, 0.1) is 18.4 Å². The minimum absolute atomic E-state index is 0.0937. The Bertz CT molecular complexity index is 981. The Morgan fingerprint density at radius 3 is 2.70 bits per heavy atom. The second-order valence-corrected chi connectivity index (χ2v) is 7.52. The lowest BCUT2D eigenvalue weighted by Gasteiger charge is -2.28. The summed E-state index contributed by atoms with van der Waals surface area (Å²) in [6.45, 7) is 7.60. The number of esters is 2. The molecule has 0 amide bonds. The van der Waals surface area contributed by atoms with Crippen molar-refractivity contribution in [2.75, 3.05) is 24.8 Å². The lowest BCUT2D eigenvalue weighted by atomic mass is 9.95. The Hall–Kier alpha value is -3.07. The van der Waals surface area contributed by atoms with E-state index in [-0.39, 0.29) is 18.3 Å². The summed E-state index contributed by atoms with van der Waals surface area (Å²) in [4.78, 5) is 28.8. The fourth-order valence-corrected chi connectivity index (χ4v) is 3.76. The Morgan fingerprint density at radius 2 is 2.07 bits per heavy atom. The second kappa shape index (κ2) is 9.62. The summed E-state index contributed by atoms with van der Waals surface area (Å²) in [6, 6.07) is 7.52. The number of thioether (sulfide) groups is 1. The number of carbonyl (C=O) groups excluding carboxylic acids is 2. The molecule has 0 saturated heterocycles. The van der Waals surface area contributed by atoms with Crippen molar-refractivity contribution < 1.29 is 19.1 Å². The molecule has 0 radical (unpaired) electrons. The molecule has 30 heavy (non-hydrogen) atoms. The average molecular weight is 429 g/mol. The first-order chi connectivity index (χ1) is 14.5. The molecule has 0 saturated carbocycles. The summed E-state index contributed by atoms with van der Waals surface area (Å²) in [5.74, 6) is -0.231. The van der Waals surface area contributed by atoms with Crippen molar-refractivity contribution in [3.63, 3.8) is 0 Å². The first-order valence-corrected chi connectivity index (χ1v) is 10.5. The molecule has 1 aromatic carbocycles. The van der Waals surface area contributed by atoms with Crippen molar-refractivity contribution in [3.8, 4) is 0 Å². The highest BCUT2D eigenvalue weighted by atomic mass is 32.2. The molecule has 2 aromatic rings. The Balaban J connectivity index is 2.01. The zero-order valence-electron chi connectivity index (χ0n) is 17.2. The maximum absolute atomic E-state index is 12.8. The van der Waals surface area contributed by atoms with Crippen LogP contribution in [0, 0.1) is 0 Å². The molecule has 2 heterocycles. The van der Waals surface area contributed by atoms with Crippen molar-refractivity contribution in [1.82, 2.24) is 14.8 Å². The molecule has 1 atom stereocenters. The van der Waals surface area contributed by atoms with E-state index in [0.29, 0.717) is 22.4 Å². The number of hydrogen-bond donors (Lipinski definition) is 1. The highest BCUT2D eigenvalue weighted by Crippen LogP contribution is 2.36. The number of benzene rings is 1. The monoisotopic (exact) mass is 428 g/mol. The molecule has 8 nitrogen and oxygen atoms in total. The third-order valence-electron chi connectivity index (χ3n) is 4.64. The summed E-state index contributed by atoms with van der Waals surface area (Å²) in [7, 11) is 1.33. The normalized spacial score (nSPS) is 15.2. The van der Waals surface area contributed by atoms with Gasteiger partial charge >= 0.3 is 11.9 Å². The van der Waals surface area contributed by atoms with E-state index >= 15 is 0 Å². The van der Waals surface area contributed by atoms with Crippen LogP contribution >= 0.6 is 11.8 Å². The predicted octanol–water partition coefficient (Wildman–Crippen LogP) is 3.12. The second-order valence-electron chi connectivity index (χ2n) is 6.58. The lowest BCUT2D eigenvalue weighted by molar-refractivity contribution is -0.138. The standard InChI is InChI=1S/C21H24N4O4S/c1-5-11-29-19(27)17-13(3)22-20-23-21(30-12-16(26)28-4)24-25(20)18(17)15-9-7-14(6-2)8-10-15/h5,7-10,18H,1,6,11-12H2,2-4H3,(H,22,23,24). The number of nitrogens with one attached hydrogen (secondary N) is 1. The quantitative estimate of drug-likeness (QED) is 0.389. The van der Waals surface area contributed by atoms with Gasteiger partial charge in [-0.15, -0.1) is 5.10 Å². The molecule has 0 bridgehead atoms. The van der Waals surface area contributed by atoms with Gasteiger partial charge in [-0.1, -0.05) is 55.6 Å². The van der Waals surface area contributed by atoms with E-state index in [1.165, 1.54) is 30.5 Å². The minimum atomic E-state index is -0.510. The molecule has 1 aliphatic heterocycles. The third kappa shape index (κ3) is 4.56. The van der Waals surface area contributed by atoms with Crippen LogP contribution in [0.5, 0.6) is 0 Å². The van der Waals surface area contributed by atoms with Crippen molar-refractivity contribution in [2.24, 2.45) is 0 Å². The number of hydrogen-bond acceptors (Lipinski definition) is 8. The van der Waals surface area contributed by atoms with Gasteiger partial charge < -0.3 is 14.8 Å². The Kier molecular flexibility index (Phi) is 6.94. The number of allylic oxidation sites excluding steroid dienone is 1. The van der Waals surface area contributed by atoms with E-state index in [4.69, 9.17) is 4.74 Å². The van der Waals surface area contributed by atoms with E-state index in [1.54, 1.807) is 11.6 Å². The number of carbonyl (C=O) groups is 2. The summed E-state index contributed by atoms with van der Waals surface area (Å²) >= 11 is 1.17. The van der Waals surface area contributed by atoms with Crippen molar-refractivity contribution in [3.05, 3.63) is 59.3 Å². The third-order valence-corrected chi connectivity index (χ3v) is 5.45. The fourth-order valence-electron chi connectivity index (χ4n) is 3.10.